The van der Waals surface area contributed by atoms with Gasteiger partial charge in [0.1, 0.15) is 17.5 Å². The summed E-state index contributed by atoms with van der Waals surface area (Å²) in [6.07, 6.45) is 0.0724. The maximum Gasteiger partial charge on any atom is 0.224 e. The Morgan fingerprint density at radius 2 is 1.77 bits per heavy atom. The van der Waals surface area contributed by atoms with Gasteiger partial charge in [-0.1, -0.05) is 0 Å². The van der Waals surface area contributed by atoms with Crippen LogP contribution in [-0.2, 0) is 24.3 Å². The maximum absolute atomic E-state index is 13.8. The molecule has 1 aliphatic heterocycles. The molecule has 0 unspecified atom stereocenters. The van der Waals surface area contributed by atoms with Crippen molar-refractivity contribution in [2.24, 2.45) is 5.73 Å². The van der Waals surface area contributed by atoms with E-state index in [9.17, 15) is 18.0 Å². The predicted molar refractivity (Wildman–Crippen MR) is 103 cm³/mol. The highest BCUT2D eigenvalue weighted by molar-refractivity contribution is 5.77. The third-order valence-corrected chi connectivity index (χ3v) is 5.14. The van der Waals surface area contributed by atoms with Gasteiger partial charge in [-0.05, 0) is 54.4 Å². The SMILES string of the molecule is N[C@@H](CC(=O)N1CCn2c(nnc2-c2ccc(F)cc2)C1)Cc1cc(F)ccc1F. The number of benzene rings is 2. The minimum Gasteiger partial charge on any atom is -0.333 e. The Kier molecular flexibility index (Phi) is 5.54. The average molecular weight is 415 g/mol. The molecule has 0 saturated carbocycles. The van der Waals surface area contributed by atoms with Gasteiger partial charge in [-0.25, -0.2) is 13.2 Å². The molecule has 30 heavy (non-hydrogen) atoms. The molecule has 0 saturated heterocycles. The van der Waals surface area contributed by atoms with E-state index in [-0.39, 0.29) is 36.7 Å². The molecule has 0 spiro atoms. The fraction of sp³-hybridized carbons (Fsp3) is 0.286. The minimum atomic E-state index is -0.636. The van der Waals surface area contributed by atoms with Crippen molar-refractivity contribution in [2.75, 3.05) is 6.54 Å². The number of amides is 1. The van der Waals surface area contributed by atoms with Gasteiger partial charge >= 0.3 is 0 Å². The zero-order valence-electron chi connectivity index (χ0n) is 16.1. The first-order chi connectivity index (χ1) is 14.4. The summed E-state index contributed by atoms with van der Waals surface area (Å²) in [5, 5.41) is 8.34. The molecule has 2 aromatic carbocycles. The number of carbonyl (C=O) groups excluding carboxylic acids is 1. The molecule has 156 valence electrons. The Hall–Kier alpha value is -3.20. The van der Waals surface area contributed by atoms with Crippen molar-refractivity contribution in [2.45, 2.75) is 32.0 Å². The number of rotatable bonds is 5. The number of carbonyl (C=O) groups is 1. The van der Waals surface area contributed by atoms with Crippen molar-refractivity contribution in [3.8, 4) is 11.4 Å². The van der Waals surface area contributed by atoms with Crippen molar-refractivity contribution in [3.63, 3.8) is 0 Å². The molecule has 2 heterocycles. The van der Waals surface area contributed by atoms with E-state index in [2.05, 4.69) is 10.2 Å². The van der Waals surface area contributed by atoms with Crippen LogP contribution in [0.3, 0.4) is 0 Å². The van der Waals surface area contributed by atoms with Crippen LogP contribution in [0, 0.1) is 17.5 Å². The van der Waals surface area contributed by atoms with Gasteiger partial charge < -0.3 is 15.2 Å². The monoisotopic (exact) mass is 415 g/mol. The number of nitrogens with two attached hydrogens (primary N) is 1. The number of fused-ring (bicyclic) bond motifs is 1. The zero-order valence-corrected chi connectivity index (χ0v) is 16.1. The first-order valence-corrected chi connectivity index (χ1v) is 9.56. The van der Waals surface area contributed by atoms with E-state index in [1.165, 1.54) is 12.1 Å². The summed E-state index contributed by atoms with van der Waals surface area (Å²) >= 11 is 0. The van der Waals surface area contributed by atoms with Gasteiger partial charge in [0.05, 0.1) is 6.54 Å². The second-order valence-electron chi connectivity index (χ2n) is 7.32. The van der Waals surface area contributed by atoms with Crippen LogP contribution < -0.4 is 5.73 Å². The van der Waals surface area contributed by atoms with E-state index >= 15 is 0 Å². The lowest BCUT2D eigenvalue weighted by Crippen LogP contribution is -2.41. The van der Waals surface area contributed by atoms with Gasteiger partial charge in [0.15, 0.2) is 11.6 Å². The third-order valence-electron chi connectivity index (χ3n) is 5.14. The molecule has 1 aliphatic rings. The van der Waals surface area contributed by atoms with E-state index < -0.39 is 17.7 Å². The highest BCUT2D eigenvalue weighted by atomic mass is 19.1. The average Bonchev–Trinajstić information content (AvgIpc) is 3.14. The second-order valence-corrected chi connectivity index (χ2v) is 7.32. The molecule has 4 rings (SSSR count). The first-order valence-electron chi connectivity index (χ1n) is 9.56. The number of nitrogens with zero attached hydrogens (tertiary/aromatic N) is 4. The summed E-state index contributed by atoms with van der Waals surface area (Å²) in [4.78, 5) is 14.3. The fourth-order valence-electron chi connectivity index (χ4n) is 3.59. The Morgan fingerprint density at radius 1 is 1.03 bits per heavy atom. The van der Waals surface area contributed by atoms with Gasteiger partial charge in [0, 0.05) is 31.1 Å². The lowest BCUT2D eigenvalue weighted by atomic mass is 10.0. The molecule has 0 radical (unpaired) electrons. The van der Waals surface area contributed by atoms with Gasteiger partial charge in [0.25, 0.3) is 0 Å². The summed E-state index contributed by atoms with van der Waals surface area (Å²) in [6, 6.07) is 8.54. The van der Waals surface area contributed by atoms with Gasteiger partial charge in [-0.3, -0.25) is 4.79 Å². The molecule has 0 fully saturated rings. The van der Waals surface area contributed by atoms with E-state index in [1.54, 1.807) is 17.0 Å². The molecule has 1 aromatic heterocycles. The molecule has 1 amide bonds. The van der Waals surface area contributed by atoms with Crippen LogP contribution >= 0.6 is 0 Å². The zero-order chi connectivity index (χ0) is 21.3. The van der Waals surface area contributed by atoms with Crippen molar-refractivity contribution < 1.29 is 18.0 Å². The number of aromatic nitrogens is 3. The summed E-state index contributed by atoms with van der Waals surface area (Å²) in [7, 11) is 0. The highest BCUT2D eigenvalue weighted by Gasteiger charge is 2.26. The van der Waals surface area contributed by atoms with Crippen LogP contribution in [0.4, 0.5) is 13.2 Å². The third kappa shape index (κ3) is 4.20. The molecule has 6 nitrogen and oxygen atoms in total. The summed E-state index contributed by atoms with van der Waals surface area (Å²) in [5.74, 6) is -0.356. The predicted octanol–water partition coefficient (Wildman–Crippen LogP) is 2.66. The molecule has 9 heteroatoms. The van der Waals surface area contributed by atoms with Crippen molar-refractivity contribution >= 4 is 5.91 Å². The van der Waals surface area contributed by atoms with Crippen molar-refractivity contribution in [3.05, 3.63) is 71.3 Å². The van der Waals surface area contributed by atoms with Crippen molar-refractivity contribution in [1.29, 1.82) is 0 Å². The number of hydrogen-bond donors (Lipinski definition) is 1. The molecule has 0 aliphatic carbocycles. The highest BCUT2D eigenvalue weighted by Crippen LogP contribution is 2.22. The number of hydrogen-bond acceptors (Lipinski definition) is 4. The summed E-state index contributed by atoms with van der Waals surface area (Å²) in [6.45, 7) is 1.21. The first kappa shape index (κ1) is 20.1. The van der Waals surface area contributed by atoms with Crippen LogP contribution in [0.1, 0.15) is 17.8 Å². The Labute approximate surface area is 171 Å². The summed E-state index contributed by atoms with van der Waals surface area (Å²) < 4.78 is 42.2. The Morgan fingerprint density at radius 3 is 2.53 bits per heavy atom. The van der Waals surface area contributed by atoms with Crippen molar-refractivity contribution in [1.82, 2.24) is 19.7 Å². The second kappa shape index (κ2) is 8.27. The molecule has 3 aromatic rings. The van der Waals surface area contributed by atoms with Crippen LogP contribution in [0.15, 0.2) is 42.5 Å². The smallest absolute Gasteiger partial charge is 0.224 e. The molecule has 2 N–H and O–H groups in total. The lowest BCUT2D eigenvalue weighted by molar-refractivity contribution is -0.133. The van der Waals surface area contributed by atoms with Crippen LogP contribution in [0.2, 0.25) is 0 Å². The van der Waals surface area contributed by atoms with Gasteiger partial charge in [-0.15, -0.1) is 10.2 Å². The maximum atomic E-state index is 13.8. The van der Waals surface area contributed by atoms with Crippen LogP contribution in [-0.4, -0.2) is 38.2 Å². The topological polar surface area (TPSA) is 77.0 Å². The standard InChI is InChI=1S/C21H20F3N5O/c22-15-3-1-13(2-4-15)21-27-26-19-12-28(7-8-29(19)21)20(30)11-17(25)10-14-9-16(23)5-6-18(14)24/h1-6,9,17H,7-8,10-12,25H2/t17-/m1/s1. The van der Waals surface area contributed by atoms with E-state index in [0.29, 0.717) is 24.7 Å². The minimum absolute atomic E-state index is 0.00884. The molecular weight excluding hydrogens is 395 g/mol. The van der Waals surface area contributed by atoms with Gasteiger partial charge in [0.2, 0.25) is 5.91 Å². The Bertz CT molecular complexity index is 1070. The van der Waals surface area contributed by atoms with Crippen LogP contribution in [0.25, 0.3) is 11.4 Å². The van der Waals surface area contributed by atoms with E-state index in [4.69, 9.17) is 5.73 Å². The van der Waals surface area contributed by atoms with Crippen LogP contribution in [0.5, 0.6) is 0 Å². The molecular formula is C21H20F3N5O. The summed E-state index contributed by atoms with van der Waals surface area (Å²) in [5.41, 5.74) is 6.91. The quantitative estimate of drug-likeness (QED) is 0.695. The Balaban J connectivity index is 1.40. The largest absolute Gasteiger partial charge is 0.333 e. The molecule has 1 atom stereocenters. The normalized spacial score (nSPS) is 14.5. The lowest BCUT2D eigenvalue weighted by Gasteiger charge is -2.29. The van der Waals surface area contributed by atoms with E-state index in [1.807, 2.05) is 4.57 Å². The van der Waals surface area contributed by atoms with E-state index in [0.717, 1.165) is 23.8 Å². The fourth-order valence-corrected chi connectivity index (χ4v) is 3.59. The van der Waals surface area contributed by atoms with Gasteiger partial charge in [-0.2, -0.15) is 0 Å². The molecule has 0 bridgehead atoms. The number of halogens is 3.